The van der Waals surface area contributed by atoms with Crippen LogP contribution in [0.2, 0.25) is 5.02 Å². The Labute approximate surface area is 87.5 Å². The summed E-state index contributed by atoms with van der Waals surface area (Å²) in [4.78, 5) is 2.20. The van der Waals surface area contributed by atoms with Gasteiger partial charge in [0.25, 0.3) is 0 Å². The van der Waals surface area contributed by atoms with Gasteiger partial charge < -0.3 is 5.73 Å². The molecule has 4 heteroatoms. The van der Waals surface area contributed by atoms with Crippen LogP contribution < -0.4 is 5.73 Å². The Morgan fingerprint density at radius 2 is 2.21 bits per heavy atom. The van der Waals surface area contributed by atoms with E-state index in [0.29, 0.717) is 6.04 Å². The first kappa shape index (κ1) is 9.90. The summed E-state index contributed by atoms with van der Waals surface area (Å²) >= 11 is 5.67. The summed E-state index contributed by atoms with van der Waals surface area (Å²) < 4.78 is 12.8. The van der Waals surface area contributed by atoms with E-state index in [9.17, 15) is 4.39 Å². The average molecular weight is 215 g/mol. The lowest BCUT2D eigenvalue weighted by Gasteiger charge is -2.36. The molecule has 1 aliphatic heterocycles. The van der Waals surface area contributed by atoms with Crippen LogP contribution in [-0.2, 0) is 6.54 Å². The topological polar surface area (TPSA) is 29.3 Å². The van der Waals surface area contributed by atoms with E-state index < -0.39 is 0 Å². The Kier molecular flexibility index (Phi) is 2.72. The van der Waals surface area contributed by atoms with E-state index in [1.54, 1.807) is 12.1 Å². The molecule has 0 amide bonds. The van der Waals surface area contributed by atoms with Gasteiger partial charge in [0.15, 0.2) is 0 Å². The summed E-state index contributed by atoms with van der Waals surface area (Å²) in [6.07, 6.45) is 0. The molecule has 2 rings (SSSR count). The maximum absolute atomic E-state index is 12.8. The third kappa shape index (κ3) is 2.05. The minimum absolute atomic E-state index is 0.187. The van der Waals surface area contributed by atoms with Gasteiger partial charge in [-0.25, -0.2) is 4.39 Å². The summed E-state index contributed by atoms with van der Waals surface area (Å²) in [7, 11) is 0. The Morgan fingerprint density at radius 3 is 2.79 bits per heavy atom. The molecule has 1 heterocycles. The third-order valence-electron chi connectivity index (χ3n) is 2.38. The molecule has 2 nitrogen and oxygen atoms in total. The number of benzene rings is 1. The summed E-state index contributed by atoms with van der Waals surface area (Å²) in [6, 6.07) is 5.12. The minimum Gasteiger partial charge on any atom is -0.325 e. The summed E-state index contributed by atoms with van der Waals surface area (Å²) in [6.45, 7) is 2.62. The van der Waals surface area contributed by atoms with E-state index >= 15 is 0 Å². The van der Waals surface area contributed by atoms with Gasteiger partial charge in [0.05, 0.1) is 5.02 Å². The third-order valence-corrected chi connectivity index (χ3v) is 2.67. The molecule has 1 aliphatic rings. The average Bonchev–Trinajstić information content (AvgIpc) is 2.09. The van der Waals surface area contributed by atoms with Gasteiger partial charge in [0, 0.05) is 25.7 Å². The molecule has 14 heavy (non-hydrogen) atoms. The monoisotopic (exact) mass is 214 g/mol. The number of hydrogen-bond acceptors (Lipinski definition) is 2. The second-order valence-electron chi connectivity index (χ2n) is 3.70. The normalized spacial score (nSPS) is 18.2. The molecule has 0 aromatic heterocycles. The van der Waals surface area contributed by atoms with E-state index in [1.165, 1.54) is 6.07 Å². The molecule has 1 aromatic rings. The Hall–Kier alpha value is -0.640. The standard InChI is InChI=1S/C10H12ClFN2/c11-9-3-7(1-2-10(9)12)4-14-5-8(13)6-14/h1-3,8H,4-6,13H2. The van der Waals surface area contributed by atoms with Crippen molar-refractivity contribution in [2.75, 3.05) is 13.1 Å². The maximum Gasteiger partial charge on any atom is 0.141 e. The smallest absolute Gasteiger partial charge is 0.141 e. The molecule has 0 atom stereocenters. The Balaban J connectivity index is 2.00. The summed E-state index contributed by atoms with van der Waals surface area (Å²) in [5.74, 6) is -0.365. The summed E-state index contributed by atoms with van der Waals surface area (Å²) in [5, 5.41) is 0.187. The fourth-order valence-electron chi connectivity index (χ4n) is 1.64. The van der Waals surface area contributed by atoms with Crippen LogP contribution in [0, 0.1) is 5.82 Å². The highest BCUT2D eigenvalue weighted by atomic mass is 35.5. The molecular formula is C10H12ClFN2. The predicted molar refractivity (Wildman–Crippen MR) is 54.7 cm³/mol. The summed E-state index contributed by atoms with van der Waals surface area (Å²) in [5.41, 5.74) is 6.68. The van der Waals surface area contributed by atoms with E-state index in [-0.39, 0.29) is 10.8 Å². The Morgan fingerprint density at radius 1 is 1.50 bits per heavy atom. The highest BCUT2D eigenvalue weighted by Crippen LogP contribution is 2.18. The first-order valence-corrected chi connectivity index (χ1v) is 4.95. The van der Waals surface area contributed by atoms with Crippen molar-refractivity contribution in [2.45, 2.75) is 12.6 Å². The molecule has 0 bridgehead atoms. The zero-order valence-electron chi connectivity index (χ0n) is 7.71. The number of likely N-dealkylation sites (tertiary alicyclic amines) is 1. The molecular weight excluding hydrogens is 203 g/mol. The van der Waals surface area contributed by atoms with E-state index in [0.717, 1.165) is 25.2 Å². The molecule has 76 valence electrons. The van der Waals surface area contributed by atoms with Gasteiger partial charge >= 0.3 is 0 Å². The van der Waals surface area contributed by atoms with Crippen molar-refractivity contribution in [3.8, 4) is 0 Å². The van der Waals surface area contributed by atoms with Crippen molar-refractivity contribution >= 4 is 11.6 Å². The van der Waals surface area contributed by atoms with Crippen molar-refractivity contribution < 1.29 is 4.39 Å². The Bertz CT molecular complexity index is 337. The van der Waals surface area contributed by atoms with Gasteiger partial charge in [-0.2, -0.15) is 0 Å². The van der Waals surface area contributed by atoms with Crippen molar-refractivity contribution in [2.24, 2.45) is 5.73 Å². The second-order valence-corrected chi connectivity index (χ2v) is 4.11. The van der Waals surface area contributed by atoms with Crippen LogP contribution >= 0.6 is 11.6 Å². The number of rotatable bonds is 2. The van der Waals surface area contributed by atoms with Crippen molar-refractivity contribution in [3.63, 3.8) is 0 Å². The van der Waals surface area contributed by atoms with E-state index in [2.05, 4.69) is 4.90 Å². The fraction of sp³-hybridized carbons (Fsp3) is 0.400. The van der Waals surface area contributed by atoms with Gasteiger partial charge in [-0.3, -0.25) is 4.90 Å². The predicted octanol–water partition coefficient (Wildman–Crippen LogP) is 1.62. The van der Waals surface area contributed by atoms with E-state index in [1.807, 2.05) is 0 Å². The van der Waals surface area contributed by atoms with Crippen LogP contribution in [0.1, 0.15) is 5.56 Å². The zero-order valence-corrected chi connectivity index (χ0v) is 8.47. The van der Waals surface area contributed by atoms with Crippen molar-refractivity contribution in [1.82, 2.24) is 4.90 Å². The van der Waals surface area contributed by atoms with Crippen LogP contribution in [0.25, 0.3) is 0 Å². The highest BCUT2D eigenvalue weighted by Gasteiger charge is 2.22. The lowest BCUT2D eigenvalue weighted by Crippen LogP contribution is -2.54. The molecule has 0 radical (unpaired) electrons. The minimum atomic E-state index is -0.365. The van der Waals surface area contributed by atoms with Crippen LogP contribution in [-0.4, -0.2) is 24.0 Å². The molecule has 0 aliphatic carbocycles. The molecule has 1 aromatic carbocycles. The fourth-order valence-corrected chi connectivity index (χ4v) is 1.84. The molecule has 0 spiro atoms. The molecule has 2 N–H and O–H groups in total. The molecule has 1 fully saturated rings. The number of halogens is 2. The number of hydrogen-bond donors (Lipinski definition) is 1. The van der Waals surface area contributed by atoms with E-state index in [4.69, 9.17) is 17.3 Å². The largest absolute Gasteiger partial charge is 0.325 e. The van der Waals surface area contributed by atoms with Gasteiger partial charge in [-0.1, -0.05) is 17.7 Å². The lowest BCUT2D eigenvalue weighted by molar-refractivity contribution is 0.142. The maximum atomic E-state index is 12.8. The molecule has 0 saturated carbocycles. The van der Waals surface area contributed by atoms with Gasteiger partial charge in [0.1, 0.15) is 5.82 Å². The van der Waals surface area contributed by atoms with Gasteiger partial charge in [0.2, 0.25) is 0 Å². The first-order chi connectivity index (χ1) is 6.65. The first-order valence-electron chi connectivity index (χ1n) is 4.57. The van der Waals surface area contributed by atoms with Crippen molar-refractivity contribution in [3.05, 3.63) is 34.6 Å². The van der Waals surface area contributed by atoms with Crippen molar-refractivity contribution in [1.29, 1.82) is 0 Å². The van der Waals surface area contributed by atoms with Gasteiger partial charge in [-0.15, -0.1) is 0 Å². The zero-order chi connectivity index (χ0) is 10.1. The molecule has 0 unspecified atom stereocenters. The highest BCUT2D eigenvalue weighted by molar-refractivity contribution is 6.30. The van der Waals surface area contributed by atoms with Gasteiger partial charge in [-0.05, 0) is 17.7 Å². The second kappa shape index (κ2) is 3.85. The number of nitrogens with zero attached hydrogens (tertiary/aromatic N) is 1. The van der Waals surface area contributed by atoms with Crippen LogP contribution in [0.5, 0.6) is 0 Å². The molecule has 1 saturated heterocycles. The number of nitrogens with two attached hydrogens (primary N) is 1. The van der Waals surface area contributed by atoms with Crippen LogP contribution in [0.15, 0.2) is 18.2 Å². The SMILES string of the molecule is NC1CN(Cc2ccc(F)c(Cl)c2)C1. The van der Waals surface area contributed by atoms with Crippen LogP contribution in [0.4, 0.5) is 4.39 Å². The quantitative estimate of drug-likeness (QED) is 0.811. The lowest BCUT2D eigenvalue weighted by atomic mass is 10.1. The van der Waals surface area contributed by atoms with Crippen LogP contribution in [0.3, 0.4) is 0 Å².